The summed E-state index contributed by atoms with van der Waals surface area (Å²) in [5.41, 5.74) is 7.07. The average Bonchev–Trinajstić information content (AvgIpc) is 2.76. The van der Waals surface area contributed by atoms with Gasteiger partial charge in [0.15, 0.2) is 0 Å². The Hall–Kier alpha value is -2.81. The standard InChI is InChI=1S/C13H11N3O3/c1-8-11(12(15)19-16-8)13(17)18-7-10-5-3-2-4-9(10)6-14/h2-5H,7,15H2,1H3. The molecule has 0 fully saturated rings. The number of rotatable bonds is 3. The number of aryl methyl sites for hydroxylation is 1. The van der Waals surface area contributed by atoms with E-state index in [-0.39, 0.29) is 18.1 Å². The molecule has 6 heteroatoms. The molecule has 0 radical (unpaired) electrons. The number of hydrogen-bond acceptors (Lipinski definition) is 6. The molecule has 1 aromatic heterocycles. The van der Waals surface area contributed by atoms with Gasteiger partial charge in [0.1, 0.15) is 12.2 Å². The summed E-state index contributed by atoms with van der Waals surface area (Å²) in [6.45, 7) is 1.59. The molecule has 0 spiro atoms. The average molecular weight is 257 g/mol. The molecule has 1 aromatic carbocycles. The zero-order valence-electron chi connectivity index (χ0n) is 10.2. The van der Waals surface area contributed by atoms with Crippen LogP contribution < -0.4 is 5.73 Å². The van der Waals surface area contributed by atoms with Crippen molar-refractivity contribution in [3.63, 3.8) is 0 Å². The van der Waals surface area contributed by atoms with E-state index >= 15 is 0 Å². The first-order valence-electron chi connectivity index (χ1n) is 5.50. The van der Waals surface area contributed by atoms with Gasteiger partial charge in [-0.25, -0.2) is 4.79 Å². The predicted octanol–water partition coefficient (Wildman–Crippen LogP) is 1.79. The summed E-state index contributed by atoms with van der Waals surface area (Å²) in [5, 5.41) is 12.5. The fraction of sp³-hybridized carbons (Fsp3) is 0.154. The SMILES string of the molecule is Cc1noc(N)c1C(=O)OCc1ccccc1C#N. The molecule has 6 nitrogen and oxygen atoms in total. The zero-order valence-corrected chi connectivity index (χ0v) is 10.2. The fourth-order valence-corrected chi connectivity index (χ4v) is 1.61. The number of nitrogens with zero attached hydrogens (tertiary/aromatic N) is 2. The van der Waals surface area contributed by atoms with Crippen molar-refractivity contribution in [1.29, 1.82) is 5.26 Å². The largest absolute Gasteiger partial charge is 0.457 e. The zero-order chi connectivity index (χ0) is 13.8. The first-order chi connectivity index (χ1) is 9.13. The van der Waals surface area contributed by atoms with E-state index in [0.717, 1.165) is 0 Å². The van der Waals surface area contributed by atoms with Crippen molar-refractivity contribution in [2.75, 3.05) is 5.73 Å². The van der Waals surface area contributed by atoms with E-state index in [2.05, 4.69) is 9.68 Å². The molecule has 0 saturated carbocycles. The van der Waals surface area contributed by atoms with Crippen molar-refractivity contribution < 1.29 is 14.1 Å². The van der Waals surface area contributed by atoms with Gasteiger partial charge in [-0.15, -0.1) is 0 Å². The molecule has 0 bridgehead atoms. The number of carbonyl (C=O) groups is 1. The molecule has 2 rings (SSSR count). The normalized spacial score (nSPS) is 9.89. The highest BCUT2D eigenvalue weighted by molar-refractivity contribution is 5.94. The molecule has 0 amide bonds. The number of ether oxygens (including phenoxy) is 1. The van der Waals surface area contributed by atoms with Crippen LogP contribution in [0.5, 0.6) is 0 Å². The highest BCUT2D eigenvalue weighted by atomic mass is 16.5. The number of hydrogen-bond donors (Lipinski definition) is 1. The minimum Gasteiger partial charge on any atom is -0.457 e. The van der Waals surface area contributed by atoms with Crippen LogP contribution in [0.2, 0.25) is 0 Å². The smallest absolute Gasteiger partial charge is 0.346 e. The number of benzene rings is 1. The molecule has 0 aliphatic rings. The van der Waals surface area contributed by atoms with E-state index in [0.29, 0.717) is 16.8 Å². The third kappa shape index (κ3) is 2.55. The third-order valence-corrected chi connectivity index (χ3v) is 2.59. The number of aromatic nitrogens is 1. The topological polar surface area (TPSA) is 102 Å². The van der Waals surface area contributed by atoms with Crippen LogP contribution >= 0.6 is 0 Å². The van der Waals surface area contributed by atoms with E-state index < -0.39 is 5.97 Å². The Morgan fingerprint density at radius 1 is 1.53 bits per heavy atom. The van der Waals surface area contributed by atoms with Crippen molar-refractivity contribution in [1.82, 2.24) is 5.16 Å². The monoisotopic (exact) mass is 257 g/mol. The number of nitrogens with two attached hydrogens (primary N) is 1. The minimum atomic E-state index is -0.621. The van der Waals surface area contributed by atoms with Crippen molar-refractivity contribution in [3.8, 4) is 6.07 Å². The van der Waals surface area contributed by atoms with Gasteiger partial charge in [0.2, 0.25) is 5.88 Å². The molecule has 0 saturated heterocycles. The lowest BCUT2D eigenvalue weighted by Crippen LogP contribution is -2.08. The van der Waals surface area contributed by atoms with Crippen molar-refractivity contribution >= 4 is 11.9 Å². The van der Waals surface area contributed by atoms with Gasteiger partial charge in [-0.1, -0.05) is 23.4 Å². The lowest BCUT2D eigenvalue weighted by Gasteiger charge is -2.05. The Kier molecular flexibility index (Phi) is 3.48. The molecule has 19 heavy (non-hydrogen) atoms. The number of nitriles is 1. The summed E-state index contributed by atoms with van der Waals surface area (Å²) >= 11 is 0. The maximum atomic E-state index is 11.8. The molecule has 2 aromatic rings. The van der Waals surface area contributed by atoms with Crippen molar-refractivity contribution in [3.05, 3.63) is 46.6 Å². The molecule has 0 atom stereocenters. The van der Waals surface area contributed by atoms with Crippen LogP contribution in [0.4, 0.5) is 5.88 Å². The van der Waals surface area contributed by atoms with Crippen molar-refractivity contribution in [2.45, 2.75) is 13.5 Å². The van der Waals surface area contributed by atoms with E-state index in [4.69, 9.17) is 15.7 Å². The van der Waals surface area contributed by atoms with Gasteiger partial charge >= 0.3 is 5.97 Å². The molecular formula is C13H11N3O3. The Balaban J connectivity index is 2.12. The number of esters is 1. The van der Waals surface area contributed by atoms with E-state index in [9.17, 15) is 4.79 Å². The molecule has 0 aliphatic heterocycles. The third-order valence-electron chi connectivity index (χ3n) is 2.59. The lowest BCUT2D eigenvalue weighted by atomic mass is 10.1. The van der Waals surface area contributed by atoms with Gasteiger partial charge in [-0.3, -0.25) is 0 Å². The highest BCUT2D eigenvalue weighted by Gasteiger charge is 2.20. The van der Waals surface area contributed by atoms with Gasteiger partial charge < -0.3 is 15.0 Å². The summed E-state index contributed by atoms with van der Waals surface area (Å²) in [6, 6.07) is 8.91. The van der Waals surface area contributed by atoms with Crippen molar-refractivity contribution in [2.24, 2.45) is 0 Å². The number of carbonyl (C=O) groups excluding carboxylic acids is 1. The molecule has 2 N–H and O–H groups in total. The molecule has 0 unspecified atom stereocenters. The summed E-state index contributed by atoms with van der Waals surface area (Å²) in [6.07, 6.45) is 0. The molecule has 1 heterocycles. The maximum Gasteiger partial charge on any atom is 0.346 e. The number of anilines is 1. The second-order valence-corrected chi connectivity index (χ2v) is 3.85. The van der Waals surface area contributed by atoms with Crippen LogP contribution in [-0.2, 0) is 11.3 Å². The quantitative estimate of drug-likeness (QED) is 0.841. The fourth-order valence-electron chi connectivity index (χ4n) is 1.61. The highest BCUT2D eigenvalue weighted by Crippen LogP contribution is 2.18. The van der Waals surface area contributed by atoms with Gasteiger partial charge in [0, 0.05) is 5.56 Å². The van der Waals surface area contributed by atoms with Crippen LogP contribution in [-0.4, -0.2) is 11.1 Å². The first kappa shape index (κ1) is 12.6. The van der Waals surface area contributed by atoms with Crippen LogP contribution in [0.1, 0.15) is 27.2 Å². The van der Waals surface area contributed by atoms with Crippen LogP contribution in [0.3, 0.4) is 0 Å². The maximum absolute atomic E-state index is 11.8. The summed E-state index contributed by atoms with van der Waals surface area (Å²) in [4.78, 5) is 11.8. The Morgan fingerprint density at radius 2 is 2.26 bits per heavy atom. The van der Waals surface area contributed by atoms with E-state index in [1.165, 1.54) is 0 Å². The predicted molar refractivity (Wildman–Crippen MR) is 65.9 cm³/mol. The van der Waals surface area contributed by atoms with Gasteiger partial charge in [-0.05, 0) is 13.0 Å². The van der Waals surface area contributed by atoms with Gasteiger partial charge in [0.25, 0.3) is 0 Å². The lowest BCUT2D eigenvalue weighted by molar-refractivity contribution is 0.0472. The van der Waals surface area contributed by atoms with Gasteiger partial charge in [0.05, 0.1) is 17.3 Å². The summed E-state index contributed by atoms with van der Waals surface area (Å²) < 4.78 is 9.79. The Bertz CT molecular complexity index is 636. The molecular weight excluding hydrogens is 246 g/mol. The number of nitrogen functional groups attached to an aromatic ring is 1. The Labute approximate surface area is 109 Å². The van der Waals surface area contributed by atoms with Gasteiger partial charge in [-0.2, -0.15) is 5.26 Å². The van der Waals surface area contributed by atoms with Crippen LogP contribution in [0.15, 0.2) is 28.8 Å². The van der Waals surface area contributed by atoms with E-state index in [1.807, 2.05) is 6.07 Å². The second-order valence-electron chi connectivity index (χ2n) is 3.85. The molecule has 96 valence electrons. The summed E-state index contributed by atoms with van der Waals surface area (Å²) in [7, 11) is 0. The van der Waals surface area contributed by atoms with Crippen LogP contribution in [0.25, 0.3) is 0 Å². The minimum absolute atomic E-state index is 0.00731. The second kappa shape index (κ2) is 5.23. The van der Waals surface area contributed by atoms with E-state index in [1.54, 1.807) is 31.2 Å². The Morgan fingerprint density at radius 3 is 2.89 bits per heavy atom. The first-order valence-corrected chi connectivity index (χ1v) is 5.50. The van der Waals surface area contributed by atoms with Crippen LogP contribution in [0, 0.1) is 18.3 Å². The summed E-state index contributed by atoms with van der Waals surface area (Å²) in [5.74, 6) is -0.694. The molecule has 0 aliphatic carbocycles.